The fraction of sp³-hybridized carbons (Fsp3) is 0.444. The van der Waals surface area contributed by atoms with E-state index in [9.17, 15) is 0 Å². The summed E-state index contributed by atoms with van der Waals surface area (Å²) in [6.45, 7) is 3.21. The van der Waals surface area contributed by atoms with Gasteiger partial charge in [-0.15, -0.1) is 0 Å². The lowest BCUT2D eigenvalue weighted by molar-refractivity contribution is -0.0813. The monoisotopic (exact) mass is 180 g/mol. The molecule has 1 fully saturated rings. The van der Waals surface area contributed by atoms with Gasteiger partial charge >= 0.3 is 0 Å². The summed E-state index contributed by atoms with van der Waals surface area (Å²) in [6, 6.07) is 1.74. The first-order valence-corrected chi connectivity index (χ1v) is 4.22. The van der Waals surface area contributed by atoms with Gasteiger partial charge in [-0.25, -0.2) is 4.98 Å². The first-order valence-electron chi connectivity index (χ1n) is 4.22. The summed E-state index contributed by atoms with van der Waals surface area (Å²) in [5.74, 6) is 0.580. The van der Waals surface area contributed by atoms with Gasteiger partial charge in [0.2, 0.25) is 5.88 Å². The Kier molecular flexibility index (Phi) is 2.06. The number of aromatic nitrogens is 1. The topological polar surface area (TPSA) is 57.4 Å². The molecular formula is C9H12N2O2. The van der Waals surface area contributed by atoms with Crippen LogP contribution in [0.3, 0.4) is 0 Å². The molecule has 0 spiro atoms. The van der Waals surface area contributed by atoms with E-state index >= 15 is 0 Å². The second-order valence-corrected chi connectivity index (χ2v) is 3.16. The normalized spacial score (nSPS) is 16.7. The number of pyridine rings is 1. The van der Waals surface area contributed by atoms with Gasteiger partial charge in [0.1, 0.15) is 6.10 Å². The molecule has 1 aliphatic heterocycles. The first-order chi connectivity index (χ1) is 6.25. The van der Waals surface area contributed by atoms with Crippen molar-refractivity contribution in [1.82, 2.24) is 4.98 Å². The van der Waals surface area contributed by atoms with Gasteiger partial charge in [-0.3, -0.25) is 0 Å². The smallest absolute Gasteiger partial charge is 0.215 e. The van der Waals surface area contributed by atoms with Crippen molar-refractivity contribution in [1.29, 1.82) is 0 Å². The summed E-state index contributed by atoms with van der Waals surface area (Å²) in [5, 5.41) is 0. The number of aryl methyl sites for hydroxylation is 1. The molecule has 1 aliphatic rings. The molecule has 0 bridgehead atoms. The van der Waals surface area contributed by atoms with E-state index in [-0.39, 0.29) is 6.10 Å². The summed E-state index contributed by atoms with van der Waals surface area (Å²) in [4.78, 5) is 4.10. The van der Waals surface area contributed by atoms with Gasteiger partial charge in [-0.05, 0) is 12.5 Å². The number of nitrogens with two attached hydrogens (primary N) is 1. The van der Waals surface area contributed by atoms with Crippen LogP contribution in [0.15, 0.2) is 12.3 Å². The zero-order valence-electron chi connectivity index (χ0n) is 7.49. The number of hydrogen-bond donors (Lipinski definition) is 1. The van der Waals surface area contributed by atoms with Gasteiger partial charge in [0.25, 0.3) is 0 Å². The highest BCUT2D eigenvalue weighted by atomic mass is 16.6. The van der Waals surface area contributed by atoms with Gasteiger partial charge in [0, 0.05) is 18.0 Å². The van der Waals surface area contributed by atoms with Gasteiger partial charge in [0.15, 0.2) is 0 Å². The van der Waals surface area contributed by atoms with Crippen molar-refractivity contribution in [3.63, 3.8) is 0 Å². The van der Waals surface area contributed by atoms with Gasteiger partial charge < -0.3 is 15.2 Å². The molecule has 2 rings (SSSR count). The Labute approximate surface area is 76.7 Å². The lowest BCUT2D eigenvalue weighted by atomic mass is 10.2. The van der Waals surface area contributed by atoms with Crippen LogP contribution in [0.1, 0.15) is 5.56 Å². The minimum atomic E-state index is 0.148. The average Bonchev–Trinajstić information content (AvgIpc) is 2.04. The average molecular weight is 180 g/mol. The third kappa shape index (κ3) is 1.72. The van der Waals surface area contributed by atoms with Crippen LogP contribution in [-0.4, -0.2) is 24.3 Å². The summed E-state index contributed by atoms with van der Waals surface area (Å²) in [6.07, 6.45) is 1.86. The largest absolute Gasteiger partial charge is 0.469 e. The zero-order chi connectivity index (χ0) is 9.26. The molecule has 2 heterocycles. The Morgan fingerprint density at radius 2 is 2.38 bits per heavy atom. The summed E-state index contributed by atoms with van der Waals surface area (Å²) >= 11 is 0. The Hall–Kier alpha value is -1.29. The predicted octanol–water partition coefficient (Wildman–Crippen LogP) is 0.750. The maximum absolute atomic E-state index is 5.70. The van der Waals surface area contributed by atoms with Crippen molar-refractivity contribution < 1.29 is 9.47 Å². The lowest BCUT2D eigenvalue weighted by Crippen LogP contribution is -2.38. The van der Waals surface area contributed by atoms with Crippen LogP contribution in [0, 0.1) is 6.92 Å². The van der Waals surface area contributed by atoms with E-state index in [1.54, 1.807) is 12.3 Å². The van der Waals surface area contributed by atoms with E-state index in [4.69, 9.17) is 15.2 Å². The van der Waals surface area contributed by atoms with Crippen LogP contribution < -0.4 is 10.5 Å². The number of nitrogens with zero attached hydrogens (tertiary/aromatic N) is 1. The summed E-state index contributed by atoms with van der Waals surface area (Å²) in [7, 11) is 0. The molecule has 0 atom stereocenters. The lowest BCUT2D eigenvalue weighted by Gasteiger charge is -2.26. The number of nitrogen functional groups attached to an aromatic ring is 1. The minimum Gasteiger partial charge on any atom is -0.469 e. The Morgan fingerprint density at radius 1 is 1.62 bits per heavy atom. The van der Waals surface area contributed by atoms with Crippen molar-refractivity contribution in [2.24, 2.45) is 0 Å². The van der Waals surface area contributed by atoms with Crippen LogP contribution in [0.4, 0.5) is 5.69 Å². The van der Waals surface area contributed by atoms with Crippen LogP contribution in [-0.2, 0) is 4.74 Å². The molecule has 0 aromatic carbocycles. The number of rotatable bonds is 2. The molecule has 1 saturated heterocycles. The molecule has 0 saturated carbocycles. The van der Waals surface area contributed by atoms with E-state index in [0.717, 1.165) is 5.56 Å². The van der Waals surface area contributed by atoms with Gasteiger partial charge in [0.05, 0.1) is 13.2 Å². The van der Waals surface area contributed by atoms with Gasteiger partial charge in [-0.1, -0.05) is 0 Å². The molecule has 1 aromatic heterocycles. The fourth-order valence-electron chi connectivity index (χ4n) is 1.04. The molecule has 2 N–H and O–H groups in total. The van der Waals surface area contributed by atoms with Crippen molar-refractivity contribution in [2.75, 3.05) is 18.9 Å². The summed E-state index contributed by atoms with van der Waals surface area (Å²) < 4.78 is 10.4. The minimum absolute atomic E-state index is 0.148. The highest BCUT2D eigenvalue weighted by Crippen LogP contribution is 2.18. The molecular weight excluding hydrogens is 168 g/mol. The number of ether oxygens (including phenoxy) is 2. The molecule has 13 heavy (non-hydrogen) atoms. The molecule has 0 radical (unpaired) electrons. The standard InChI is InChI=1S/C9H12N2O2/c1-6-3-11-9(2-8(6)10)13-7-4-12-5-7/h2-3,7H,4-5H2,1H3,(H2,10,11). The zero-order valence-corrected chi connectivity index (χ0v) is 7.49. The van der Waals surface area contributed by atoms with E-state index in [1.165, 1.54) is 0 Å². The highest BCUT2D eigenvalue weighted by molar-refractivity contribution is 5.47. The molecule has 0 amide bonds. The van der Waals surface area contributed by atoms with Crippen molar-refractivity contribution in [2.45, 2.75) is 13.0 Å². The van der Waals surface area contributed by atoms with Crippen molar-refractivity contribution in [3.8, 4) is 5.88 Å². The Morgan fingerprint density at radius 3 is 2.92 bits per heavy atom. The molecule has 1 aromatic rings. The highest BCUT2D eigenvalue weighted by Gasteiger charge is 2.20. The predicted molar refractivity (Wildman–Crippen MR) is 48.6 cm³/mol. The van der Waals surface area contributed by atoms with Crippen molar-refractivity contribution >= 4 is 5.69 Å². The van der Waals surface area contributed by atoms with Crippen LogP contribution in [0.5, 0.6) is 5.88 Å². The number of anilines is 1. The molecule has 4 nitrogen and oxygen atoms in total. The van der Waals surface area contributed by atoms with Crippen LogP contribution in [0.2, 0.25) is 0 Å². The summed E-state index contributed by atoms with van der Waals surface area (Å²) in [5.41, 5.74) is 7.39. The second-order valence-electron chi connectivity index (χ2n) is 3.16. The van der Waals surface area contributed by atoms with E-state index in [2.05, 4.69) is 4.98 Å². The second kappa shape index (κ2) is 3.22. The first kappa shape index (κ1) is 8.31. The maximum Gasteiger partial charge on any atom is 0.215 e. The third-order valence-electron chi connectivity index (χ3n) is 2.01. The molecule has 0 unspecified atom stereocenters. The van der Waals surface area contributed by atoms with Gasteiger partial charge in [-0.2, -0.15) is 0 Å². The van der Waals surface area contributed by atoms with E-state index < -0.39 is 0 Å². The van der Waals surface area contributed by atoms with E-state index in [0.29, 0.717) is 24.8 Å². The SMILES string of the molecule is Cc1cnc(OC2COC2)cc1N. The molecule has 70 valence electrons. The molecule has 0 aliphatic carbocycles. The third-order valence-corrected chi connectivity index (χ3v) is 2.01. The van der Waals surface area contributed by atoms with Crippen molar-refractivity contribution in [3.05, 3.63) is 17.8 Å². The van der Waals surface area contributed by atoms with Crippen LogP contribution in [0.25, 0.3) is 0 Å². The fourth-order valence-corrected chi connectivity index (χ4v) is 1.04. The Balaban J connectivity index is 2.07. The maximum atomic E-state index is 5.70. The number of hydrogen-bond acceptors (Lipinski definition) is 4. The quantitative estimate of drug-likeness (QED) is 0.729. The van der Waals surface area contributed by atoms with Crippen LogP contribution >= 0.6 is 0 Å². The Bertz CT molecular complexity index is 310. The van der Waals surface area contributed by atoms with E-state index in [1.807, 2.05) is 6.92 Å². The molecule has 4 heteroatoms.